The maximum atomic E-state index is 5.23. The minimum atomic E-state index is 0.931. The molecule has 0 unspecified atom stereocenters. The molecule has 0 aliphatic carbocycles. The molecule has 0 saturated carbocycles. The van der Waals surface area contributed by atoms with Crippen molar-refractivity contribution < 1.29 is 0 Å². The van der Waals surface area contributed by atoms with Gasteiger partial charge in [-0.3, -0.25) is 4.40 Å². The lowest BCUT2D eigenvalue weighted by Gasteiger charge is -2.19. The van der Waals surface area contributed by atoms with Crippen LogP contribution in [-0.4, -0.2) is 9.38 Å². The van der Waals surface area contributed by atoms with Gasteiger partial charge in [-0.15, -0.1) is 0 Å². The molecule has 0 fully saturated rings. The predicted molar refractivity (Wildman–Crippen MR) is 211 cm³/mol. The smallest absolute Gasteiger partial charge is 0.147 e. The molecule has 2 heteroatoms. The van der Waals surface area contributed by atoms with Gasteiger partial charge < -0.3 is 0 Å². The average Bonchev–Trinajstić information content (AvgIpc) is 3.54. The first-order valence-electron chi connectivity index (χ1n) is 16.7. The highest BCUT2D eigenvalue weighted by atomic mass is 15.0. The zero-order valence-corrected chi connectivity index (χ0v) is 26.8. The van der Waals surface area contributed by atoms with Gasteiger partial charge >= 0.3 is 0 Å². The van der Waals surface area contributed by atoms with Crippen LogP contribution in [0.5, 0.6) is 0 Å². The number of fused-ring (bicyclic) bond motifs is 11. The van der Waals surface area contributed by atoms with E-state index in [2.05, 4.69) is 169 Å². The molecule has 0 radical (unpaired) electrons. The zero-order chi connectivity index (χ0) is 32.6. The summed E-state index contributed by atoms with van der Waals surface area (Å²) in [5.41, 5.74) is 9.06. The van der Waals surface area contributed by atoms with Crippen molar-refractivity contribution in [2.45, 2.75) is 0 Å². The van der Waals surface area contributed by atoms with Crippen molar-refractivity contribution in [3.05, 3.63) is 169 Å². The van der Waals surface area contributed by atoms with Gasteiger partial charge in [-0.2, -0.15) is 0 Å². The van der Waals surface area contributed by atoms with Crippen LogP contribution in [0.15, 0.2) is 158 Å². The standard InChI is InChI=1S/C47H30N2/c1-3-13-32-29(2)24-26-40-34-27-25-31(28-43(34)49-42-23-11-10-22-41(42)48-47(49)46(32)40)44-36-17-6-8-19-38(36)45(39-20-9-7-18-37(39)44)35-21-12-15-30-14-4-5-16-33(30)35/h3-28H,1-2H2/b32-13+. The van der Waals surface area contributed by atoms with E-state index in [9.17, 15) is 0 Å². The van der Waals surface area contributed by atoms with Gasteiger partial charge in [0.1, 0.15) is 5.65 Å². The third-order valence-electron chi connectivity index (χ3n) is 10.2. The van der Waals surface area contributed by atoms with Crippen LogP contribution in [0.25, 0.3) is 106 Å². The topological polar surface area (TPSA) is 17.3 Å². The fourth-order valence-corrected chi connectivity index (χ4v) is 8.15. The lowest BCUT2D eigenvalue weighted by molar-refractivity contribution is 1.31. The van der Waals surface area contributed by atoms with E-state index < -0.39 is 0 Å². The minimum Gasteiger partial charge on any atom is -0.292 e. The van der Waals surface area contributed by atoms with Gasteiger partial charge in [-0.05, 0) is 88.6 Å². The summed E-state index contributed by atoms with van der Waals surface area (Å²) in [5.74, 6) is 0. The Morgan fingerprint density at radius 3 is 1.92 bits per heavy atom. The van der Waals surface area contributed by atoms with E-state index in [-0.39, 0.29) is 0 Å². The Labute approximate surface area is 282 Å². The molecule has 0 saturated heterocycles. The SMILES string of the molecule is C=C/C=c1\c(=C)ccc2c3ccc(-c4c5ccccc5c(-c5cccc6ccccc56)c5ccccc45)cc3n3c4ccccc4nc3c12. The Hall–Kier alpha value is -6.51. The molecule has 0 atom stereocenters. The van der Waals surface area contributed by atoms with Crippen molar-refractivity contribution in [2.75, 3.05) is 0 Å². The molecule has 0 aliphatic heterocycles. The molecule has 0 bridgehead atoms. The van der Waals surface area contributed by atoms with Gasteiger partial charge in [0.2, 0.25) is 0 Å². The zero-order valence-electron chi connectivity index (χ0n) is 26.8. The molecule has 8 aromatic carbocycles. The van der Waals surface area contributed by atoms with Gasteiger partial charge in [0.15, 0.2) is 0 Å². The highest BCUT2D eigenvalue weighted by Gasteiger charge is 2.20. The summed E-state index contributed by atoms with van der Waals surface area (Å²) in [7, 11) is 0. The Morgan fingerprint density at radius 1 is 0.531 bits per heavy atom. The van der Waals surface area contributed by atoms with Crippen molar-refractivity contribution >= 4 is 83.3 Å². The van der Waals surface area contributed by atoms with Gasteiger partial charge in [-0.1, -0.05) is 153 Å². The molecule has 0 aliphatic rings. The normalized spacial score (nSPS) is 12.4. The van der Waals surface area contributed by atoms with Gasteiger partial charge in [0.25, 0.3) is 0 Å². The number of para-hydroxylation sites is 2. The molecule has 49 heavy (non-hydrogen) atoms. The Balaban J connectivity index is 1.37. The van der Waals surface area contributed by atoms with Crippen LogP contribution in [0.1, 0.15) is 0 Å². The maximum Gasteiger partial charge on any atom is 0.147 e. The number of benzene rings is 8. The van der Waals surface area contributed by atoms with Crippen LogP contribution in [0.4, 0.5) is 0 Å². The Morgan fingerprint density at radius 2 is 1.16 bits per heavy atom. The summed E-state index contributed by atoms with van der Waals surface area (Å²) in [6.07, 6.45) is 3.90. The predicted octanol–water partition coefficient (Wildman–Crippen LogP) is 11.0. The van der Waals surface area contributed by atoms with Crippen LogP contribution in [0.2, 0.25) is 0 Å². The van der Waals surface area contributed by atoms with Crippen LogP contribution in [0, 0.1) is 0 Å². The first-order chi connectivity index (χ1) is 24.2. The third kappa shape index (κ3) is 3.92. The monoisotopic (exact) mass is 622 g/mol. The Bertz CT molecular complexity index is 3080. The van der Waals surface area contributed by atoms with Crippen LogP contribution < -0.4 is 10.4 Å². The van der Waals surface area contributed by atoms with E-state index in [0.717, 1.165) is 43.4 Å². The highest BCUT2D eigenvalue weighted by Crippen LogP contribution is 2.46. The van der Waals surface area contributed by atoms with Gasteiger partial charge in [0, 0.05) is 10.8 Å². The molecule has 10 aromatic rings. The Kier molecular flexibility index (Phi) is 5.91. The number of hydrogen-bond acceptors (Lipinski definition) is 1. The molecule has 10 rings (SSSR count). The van der Waals surface area contributed by atoms with Crippen molar-refractivity contribution in [3.63, 3.8) is 0 Å². The summed E-state index contributed by atoms with van der Waals surface area (Å²) in [6.45, 7) is 8.38. The fraction of sp³-hybridized carbons (Fsp3) is 0. The summed E-state index contributed by atoms with van der Waals surface area (Å²) >= 11 is 0. The second kappa shape index (κ2) is 10.5. The number of aromatic nitrogens is 2. The van der Waals surface area contributed by atoms with Gasteiger partial charge in [-0.25, -0.2) is 4.98 Å². The van der Waals surface area contributed by atoms with Crippen LogP contribution in [-0.2, 0) is 0 Å². The van der Waals surface area contributed by atoms with E-state index in [0.29, 0.717) is 0 Å². The number of imidazole rings is 1. The molecule has 0 N–H and O–H groups in total. The molecule has 2 nitrogen and oxygen atoms in total. The minimum absolute atomic E-state index is 0.931. The van der Waals surface area contributed by atoms with Crippen LogP contribution in [0.3, 0.4) is 0 Å². The van der Waals surface area contributed by atoms with Gasteiger partial charge in [0.05, 0.1) is 16.6 Å². The average molecular weight is 623 g/mol. The molecule has 2 aromatic heterocycles. The van der Waals surface area contributed by atoms with E-state index in [1.54, 1.807) is 0 Å². The van der Waals surface area contributed by atoms with Crippen LogP contribution >= 0.6 is 0 Å². The lowest BCUT2D eigenvalue weighted by atomic mass is 9.84. The highest BCUT2D eigenvalue weighted by molar-refractivity contribution is 6.24. The second-order valence-electron chi connectivity index (χ2n) is 12.8. The van der Waals surface area contributed by atoms with E-state index in [1.807, 2.05) is 6.08 Å². The molecule has 0 amide bonds. The maximum absolute atomic E-state index is 5.23. The third-order valence-corrected chi connectivity index (χ3v) is 10.2. The fourth-order valence-electron chi connectivity index (χ4n) is 8.15. The first kappa shape index (κ1) is 27.6. The van der Waals surface area contributed by atoms with Crippen molar-refractivity contribution in [3.8, 4) is 22.3 Å². The molecular weight excluding hydrogens is 593 g/mol. The second-order valence-corrected chi connectivity index (χ2v) is 12.8. The summed E-state index contributed by atoms with van der Waals surface area (Å²) in [5, 5.41) is 12.9. The van der Waals surface area contributed by atoms with E-state index >= 15 is 0 Å². The number of pyridine rings is 1. The first-order valence-corrected chi connectivity index (χ1v) is 16.7. The number of rotatable bonds is 3. The summed E-state index contributed by atoms with van der Waals surface area (Å²) in [4.78, 5) is 5.23. The van der Waals surface area contributed by atoms with Crippen molar-refractivity contribution in [1.29, 1.82) is 0 Å². The molecular formula is C47H30N2. The number of nitrogens with zero attached hydrogens (tertiary/aromatic N) is 2. The molecule has 0 spiro atoms. The number of allylic oxidation sites excluding steroid dienone is 1. The number of hydrogen-bond donors (Lipinski definition) is 0. The largest absolute Gasteiger partial charge is 0.292 e. The lowest BCUT2D eigenvalue weighted by Crippen LogP contribution is -2.24. The van der Waals surface area contributed by atoms with E-state index in [1.165, 1.54) is 60.0 Å². The summed E-state index contributed by atoms with van der Waals surface area (Å²) in [6, 6.07) is 52.8. The molecule has 2 heterocycles. The van der Waals surface area contributed by atoms with Crippen molar-refractivity contribution in [2.24, 2.45) is 0 Å². The van der Waals surface area contributed by atoms with Crippen molar-refractivity contribution in [1.82, 2.24) is 9.38 Å². The van der Waals surface area contributed by atoms with E-state index in [4.69, 9.17) is 4.98 Å². The molecule has 228 valence electrons. The quantitative estimate of drug-likeness (QED) is 0.142. The summed E-state index contributed by atoms with van der Waals surface area (Å²) < 4.78 is 2.34.